The van der Waals surface area contributed by atoms with Gasteiger partial charge in [0.05, 0.1) is 13.2 Å². The molecule has 1 aliphatic rings. The minimum atomic E-state index is -0.505. The number of carbonyl (C=O) groups excluding carboxylic acids is 2. The number of fused-ring (bicyclic) bond motifs is 1. The van der Waals surface area contributed by atoms with Crippen LogP contribution < -0.4 is 5.32 Å². The summed E-state index contributed by atoms with van der Waals surface area (Å²) in [5.41, 5.74) is 0.778. The lowest BCUT2D eigenvalue weighted by atomic mass is 10.00. The monoisotopic (exact) mass is 310 g/mol. The zero-order valence-corrected chi connectivity index (χ0v) is 13.8. The first-order chi connectivity index (χ1) is 9.81. The van der Waals surface area contributed by atoms with E-state index in [-0.39, 0.29) is 11.4 Å². The number of hydrogen-bond donors (Lipinski definition) is 1. The molecule has 2 heterocycles. The fraction of sp³-hybridized carbons (Fsp3) is 0.600. The van der Waals surface area contributed by atoms with Crippen molar-refractivity contribution >= 4 is 23.3 Å². The van der Waals surface area contributed by atoms with Crippen molar-refractivity contribution in [3.63, 3.8) is 0 Å². The van der Waals surface area contributed by atoms with Crippen LogP contribution in [0.25, 0.3) is 0 Å². The summed E-state index contributed by atoms with van der Waals surface area (Å²) in [6.07, 6.45) is 0.122. The van der Waals surface area contributed by atoms with Gasteiger partial charge in [0, 0.05) is 16.8 Å². The number of rotatable bonds is 2. The molecular weight excluding hydrogens is 288 g/mol. The first-order valence-electron chi connectivity index (χ1n) is 7.12. The van der Waals surface area contributed by atoms with Crippen LogP contribution in [-0.2, 0) is 22.5 Å². The van der Waals surface area contributed by atoms with Gasteiger partial charge in [-0.15, -0.1) is 11.3 Å². The van der Waals surface area contributed by atoms with E-state index in [9.17, 15) is 9.59 Å². The molecule has 6 heteroatoms. The summed E-state index contributed by atoms with van der Waals surface area (Å²) >= 11 is 1.63. The number of amides is 2. The van der Waals surface area contributed by atoms with Crippen molar-refractivity contribution in [2.45, 2.75) is 52.2 Å². The molecule has 1 N–H and O–H groups in total. The van der Waals surface area contributed by atoms with Crippen LogP contribution in [-0.4, -0.2) is 35.1 Å². The Balaban J connectivity index is 2.22. The van der Waals surface area contributed by atoms with Gasteiger partial charge in [0.1, 0.15) is 6.04 Å². The zero-order chi connectivity index (χ0) is 15.6. The average Bonchev–Trinajstić information content (AvgIpc) is 2.82. The normalized spacial score (nSPS) is 18.1. The van der Waals surface area contributed by atoms with E-state index in [0.717, 1.165) is 5.56 Å². The topological polar surface area (TPSA) is 58.6 Å². The highest BCUT2D eigenvalue weighted by molar-refractivity contribution is 7.10. The maximum atomic E-state index is 12.5. The van der Waals surface area contributed by atoms with Crippen LogP contribution in [0.3, 0.4) is 0 Å². The van der Waals surface area contributed by atoms with Gasteiger partial charge in [-0.1, -0.05) is 0 Å². The van der Waals surface area contributed by atoms with Crippen molar-refractivity contribution in [3.8, 4) is 0 Å². The van der Waals surface area contributed by atoms with E-state index in [1.807, 2.05) is 32.2 Å². The van der Waals surface area contributed by atoms with Crippen molar-refractivity contribution in [1.82, 2.24) is 10.2 Å². The van der Waals surface area contributed by atoms with Crippen molar-refractivity contribution in [2.24, 2.45) is 0 Å². The number of hydrogen-bond acceptors (Lipinski definition) is 4. The van der Waals surface area contributed by atoms with Gasteiger partial charge in [-0.3, -0.25) is 9.69 Å². The molecule has 0 spiro atoms. The highest BCUT2D eigenvalue weighted by Crippen LogP contribution is 2.28. The second-order valence-corrected chi connectivity index (χ2v) is 7.16. The summed E-state index contributed by atoms with van der Waals surface area (Å²) in [6, 6.07) is 1.50. The second kappa shape index (κ2) is 6.05. The Hall–Kier alpha value is -1.56. The number of thiophene rings is 1. The molecule has 0 fully saturated rings. The van der Waals surface area contributed by atoms with Crippen molar-refractivity contribution in [3.05, 3.63) is 21.9 Å². The van der Waals surface area contributed by atoms with Gasteiger partial charge < -0.3 is 10.1 Å². The molecule has 2 rings (SSSR count). The quantitative estimate of drug-likeness (QED) is 0.913. The molecule has 5 nitrogen and oxygen atoms in total. The van der Waals surface area contributed by atoms with Crippen LogP contribution >= 0.6 is 11.3 Å². The standard InChI is InChI=1S/C15H22N2O3S/c1-5-20-14(19)17-9-10-6-7-21-12(10)8-11(17)13(18)16-15(2,3)4/h6-7,11H,5,8-9H2,1-4H3,(H,16,18)/t11-/m0/s1. The Morgan fingerprint density at radius 1 is 1.48 bits per heavy atom. The molecule has 1 aromatic rings. The van der Waals surface area contributed by atoms with Crippen LogP contribution in [0.1, 0.15) is 38.1 Å². The summed E-state index contributed by atoms with van der Waals surface area (Å²) in [7, 11) is 0. The third kappa shape index (κ3) is 3.75. The highest BCUT2D eigenvalue weighted by atomic mass is 32.1. The molecule has 116 valence electrons. The lowest BCUT2D eigenvalue weighted by Crippen LogP contribution is -2.55. The molecule has 0 aliphatic carbocycles. The number of nitrogens with one attached hydrogen (secondary N) is 1. The molecule has 0 radical (unpaired) electrons. The Morgan fingerprint density at radius 2 is 2.19 bits per heavy atom. The minimum absolute atomic E-state index is 0.130. The predicted octanol–water partition coefficient (Wildman–Crippen LogP) is 2.55. The SMILES string of the molecule is CCOC(=O)N1Cc2ccsc2C[C@H]1C(=O)NC(C)(C)C. The third-order valence-electron chi connectivity index (χ3n) is 3.24. The van der Waals surface area contributed by atoms with Crippen LogP contribution in [0.4, 0.5) is 4.79 Å². The molecular formula is C15H22N2O3S. The summed E-state index contributed by atoms with van der Waals surface area (Å²) in [5, 5.41) is 4.95. The molecule has 0 aromatic carbocycles. The predicted molar refractivity (Wildman–Crippen MR) is 82.3 cm³/mol. The number of ether oxygens (including phenoxy) is 1. The van der Waals surface area contributed by atoms with Crippen molar-refractivity contribution in [2.75, 3.05) is 6.61 Å². The Kier molecular flexibility index (Phi) is 4.56. The summed E-state index contributed by atoms with van der Waals surface area (Å²) in [6.45, 7) is 8.29. The van der Waals surface area contributed by atoms with Gasteiger partial charge in [-0.25, -0.2) is 4.79 Å². The third-order valence-corrected chi connectivity index (χ3v) is 4.22. The molecule has 21 heavy (non-hydrogen) atoms. The fourth-order valence-corrected chi connectivity index (χ4v) is 3.29. The molecule has 0 saturated carbocycles. The molecule has 1 aliphatic heterocycles. The lowest BCUT2D eigenvalue weighted by molar-refractivity contribution is -0.128. The maximum absolute atomic E-state index is 12.5. The van der Waals surface area contributed by atoms with E-state index >= 15 is 0 Å². The summed E-state index contributed by atoms with van der Waals surface area (Å²) < 4.78 is 5.09. The van der Waals surface area contributed by atoms with Gasteiger partial charge >= 0.3 is 6.09 Å². The van der Waals surface area contributed by atoms with E-state index < -0.39 is 12.1 Å². The molecule has 1 atom stereocenters. The van der Waals surface area contributed by atoms with Crippen molar-refractivity contribution in [1.29, 1.82) is 0 Å². The summed E-state index contributed by atoms with van der Waals surface area (Å²) in [4.78, 5) is 27.3. The van der Waals surface area contributed by atoms with E-state index in [2.05, 4.69) is 5.32 Å². The van der Waals surface area contributed by atoms with E-state index in [0.29, 0.717) is 19.6 Å². The zero-order valence-electron chi connectivity index (χ0n) is 12.9. The smallest absolute Gasteiger partial charge is 0.410 e. The largest absolute Gasteiger partial charge is 0.450 e. The van der Waals surface area contributed by atoms with Crippen molar-refractivity contribution < 1.29 is 14.3 Å². The highest BCUT2D eigenvalue weighted by Gasteiger charge is 2.37. The van der Waals surface area contributed by atoms with Gasteiger partial charge in [0.25, 0.3) is 0 Å². The fourth-order valence-electron chi connectivity index (χ4n) is 2.35. The molecule has 0 unspecified atom stereocenters. The number of nitrogens with zero attached hydrogens (tertiary/aromatic N) is 1. The average molecular weight is 310 g/mol. The Bertz CT molecular complexity index is 533. The Morgan fingerprint density at radius 3 is 2.81 bits per heavy atom. The summed E-state index contributed by atoms with van der Waals surface area (Å²) in [5.74, 6) is -0.130. The molecule has 2 amide bonds. The van der Waals surface area contributed by atoms with Crippen LogP contribution in [0.5, 0.6) is 0 Å². The molecule has 1 aromatic heterocycles. The van der Waals surface area contributed by atoms with Gasteiger partial charge in [0.2, 0.25) is 5.91 Å². The van der Waals surface area contributed by atoms with E-state index in [4.69, 9.17) is 4.74 Å². The molecule has 0 bridgehead atoms. The van der Waals surface area contributed by atoms with Gasteiger partial charge in [-0.2, -0.15) is 0 Å². The second-order valence-electron chi connectivity index (χ2n) is 6.16. The first-order valence-corrected chi connectivity index (χ1v) is 8.00. The lowest BCUT2D eigenvalue weighted by Gasteiger charge is -2.35. The van der Waals surface area contributed by atoms with E-state index in [1.165, 1.54) is 9.78 Å². The maximum Gasteiger partial charge on any atom is 0.410 e. The Labute approximate surface area is 129 Å². The van der Waals surface area contributed by atoms with Crippen LogP contribution in [0, 0.1) is 0 Å². The molecule has 0 saturated heterocycles. The van der Waals surface area contributed by atoms with Crippen LogP contribution in [0.15, 0.2) is 11.4 Å². The number of carbonyl (C=O) groups is 2. The van der Waals surface area contributed by atoms with E-state index in [1.54, 1.807) is 18.3 Å². The van der Waals surface area contributed by atoms with Crippen LogP contribution in [0.2, 0.25) is 0 Å². The van der Waals surface area contributed by atoms with Gasteiger partial charge in [0.15, 0.2) is 0 Å². The van der Waals surface area contributed by atoms with Gasteiger partial charge in [-0.05, 0) is 44.7 Å². The first kappa shape index (κ1) is 15.8. The minimum Gasteiger partial charge on any atom is -0.450 e.